The minimum atomic E-state index is -0.0373. The van der Waals surface area contributed by atoms with E-state index in [0.717, 1.165) is 26.4 Å². The number of amides is 1. The summed E-state index contributed by atoms with van der Waals surface area (Å²) >= 11 is 5.12. The highest BCUT2D eigenvalue weighted by Crippen LogP contribution is 2.24. The van der Waals surface area contributed by atoms with Crippen molar-refractivity contribution in [2.24, 2.45) is 0 Å². The molecule has 24 heavy (non-hydrogen) atoms. The SMILES string of the molecule is COc1ccc(Br)cc1CN(C)CC(=O)Nc1cccc(SC)c1. The summed E-state index contributed by atoms with van der Waals surface area (Å²) in [6.45, 7) is 0.931. The summed E-state index contributed by atoms with van der Waals surface area (Å²) in [5, 5.41) is 2.94. The topological polar surface area (TPSA) is 41.6 Å². The van der Waals surface area contributed by atoms with Crippen LogP contribution in [0, 0.1) is 0 Å². The van der Waals surface area contributed by atoms with E-state index in [1.54, 1.807) is 18.9 Å². The molecular weight excluding hydrogens is 388 g/mol. The fourth-order valence-electron chi connectivity index (χ4n) is 2.36. The lowest BCUT2D eigenvalue weighted by atomic mass is 10.2. The van der Waals surface area contributed by atoms with E-state index in [4.69, 9.17) is 4.74 Å². The first kappa shape index (κ1) is 18.8. The average Bonchev–Trinajstić information content (AvgIpc) is 2.55. The van der Waals surface area contributed by atoms with Gasteiger partial charge in [-0.2, -0.15) is 0 Å². The summed E-state index contributed by atoms with van der Waals surface area (Å²) in [6.07, 6.45) is 2.01. The zero-order valence-corrected chi connectivity index (χ0v) is 16.4. The number of nitrogens with zero attached hydrogens (tertiary/aromatic N) is 1. The number of nitrogens with one attached hydrogen (secondary N) is 1. The highest BCUT2D eigenvalue weighted by atomic mass is 79.9. The molecule has 6 heteroatoms. The van der Waals surface area contributed by atoms with Crippen molar-refractivity contribution in [1.29, 1.82) is 0 Å². The van der Waals surface area contributed by atoms with Gasteiger partial charge in [-0.3, -0.25) is 9.69 Å². The molecule has 0 bridgehead atoms. The lowest BCUT2D eigenvalue weighted by Crippen LogP contribution is -2.30. The van der Waals surface area contributed by atoms with Gasteiger partial charge in [0.2, 0.25) is 5.91 Å². The molecule has 0 saturated heterocycles. The highest BCUT2D eigenvalue weighted by molar-refractivity contribution is 9.10. The van der Waals surface area contributed by atoms with Crippen LogP contribution in [0.15, 0.2) is 51.8 Å². The fraction of sp³-hybridized carbons (Fsp3) is 0.278. The van der Waals surface area contributed by atoms with Gasteiger partial charge in [-0.15, -0.1) is 11.8 Å². The first-order valence-electron chi connectivity index (χ1n) is 7.46. The number of benzene rings is 2. The summed E-state index contributed by atoms with van der Waals surface area (Å²) in [5.74, 6) is 0.780. The van der Waals surface area contributed by atoms with E-state index in [1.807, 2.05) is 60.7 Å². The van der Waals surface area contributed by atoms with Crippen molar-refractivity contribution in [1.82, 2.24) is 4.90 Å². The molecular formula is C18H21BrN2O2S. The molecule has 0 saturated carbocycles. The van der Waals surface area contributed by atoms with E-state index in [2.05, 4.69) is 21.2 Å². The van der Waals surface area contributed by atoms with Crippen LogP contribution in [-0.2, 0) is 11.3 Å². The molecule has 0 aliphatic rings. The normalized spacial score (nSPS) is 10.7. The van der Waals surface area contributed by atoms with Gasteiger partial charge in [-0.1, -0.05) is 22.0 Å². The molecule has 0 spiro atoms. The summed E-state index contributed by atoms with van der Waals surface area (Å²) in [5.41, 5.74) is 1.85. The third-order valence-corrected chi connectivity index (χ3v) is 4.67. The van der Waals surface area contributed by atoms with Crippen molar-refractivity contribution < 1.29 is 9.53 Å². The van der Waals surface area contributed by atoms with Gasteiger partial charge >= 0.3 is 0 Å². The molecule has 4 nitrogen and oxygen atoms in total. The molecule has 2 aromatic rings. The standard InChI is InChI=1S/C18H21BrN2O2S/c1-21(11-13-9-14(19)7-8-17(13)23-2)12-18(22)20-15-5-4-6-16(10-15)24-3/h4-10H,11-12H2,1-3H3,(H,20,22). The number of hydrogen-bond donors (Lipinski definition) is 1. The van der Waals surface area contributed by atoms with Gasteiger partial charge in [-0.25, -0.2) is 0 Å². The number of rotatable bonds is 7. The molecule has 0 atom stereocenters. The largest absolute Gasteiger partial charge is 0.496 e. The lowest BCUT2D eigenvalue weighted by molar-refractivity contribution is -0.117. The lowest BCUT2D eigenvalue weighted by Gasteiger charge is -2.18. The number of halogens is 1. The van der Waals surface area contributed by atoms with E-state index >= 15 is 0 Å². The van der Waals surface area contributed by atoms with Gasteiger partial charge in [0.1, 0.15) is 5.75 Å². The zero-order valence-electron chi connectivity index (χ0n) is 14.0. The zero-order chi connectivity index (χ0) is 17.5. The molecule has 2 aromatic carbocycles. The highest BCUT2D eigenvalue weighted by Gasteiger charge is 2.11. The van der Waals surface area contributed by atoms with Crippen molar-refractivity contribution in [3.8, 4) is 5.75 Å². The van der Waals surface area contributed by atoms with Crippen LogP contribution in [0.25, 0.3) is 0 Å². The second-order valence-electron chi connectivity index (χ2n) is 5.41. The number of ether oxygens (including phenoxy) is 1. The summed E-state index contributed by atoms with van der Waals surface area (Å²) in [4.78, 5) is 15.3. The molecule has 0 fully saturated rings. The monoisotopic (exact) mass is 408 g/mol. The molecule has 1 amide bonds. The minimum absolute atomic E-state index is 0.0373. The maximum atomic E-state index is 12.2. The first-order valence-corrected chi connectivity index (χ1v) is 9.48. The number of methoxy groups -OCH3 is 1. The van der Waals surface area contributed by atoms with Crippen LogP contribution in [-0.4, -0.2) is 37.8 Å². The number of likely N-dealkylation sites (N-methyl/N-ethyl adjacent to an activating group) is 1. The Hall–Kier alpha value is -1.50. The Morgan fingerprint density at radius 3 is 2.79 bits per heavy atom. The molecule has 1 N–H and O–H groups in total. The number of carbonyl (C=O) groups is 1. The molecule has 0 aliphatic carbocycles. The minimum Gasteiger partial charge on any atom is -0.496 e. The number of thioether (sulfide) groups is 1. The van der Waals surface area contributed by atoms with Gasteiger partial charge in [0, 0.05) is 27.2 Å². The molecule has 0 heterocycles. The van der Waals surface area contributed by atoms with E-state index in [-0.39, 0.29) is 5.91 Å². The Bertz CT molecular complexity index is 709. The molecule has 0 aliphatic heterocycles. The Kier molecular flexibility index (Phi) is 7.15. The van der Waals surface area contributed by atoms with Gasteiger partial charge in [0.25, 0.3) is 0 Å². The first-order chi connectivity index (χ1) is 11.5. The van der Waals surface area contributed by atoms with Crippen LogP contribution >= 0.6 is 27.7 Å². The predicted molar refractivity (Wildman–Crippen MR) is 104 cm³/mol. The maximum Gasteiger partial charge on any atom is 0.238 e. The van der Waals surface area contributed by atoms with Gasteiger partial charge in [0.05, 0.1) is 13.7 Å². The van der Waals surface area contributed by atoms with Gasteiger partial charge < -0.3 is 10.1 Å². The van der Waals surface area contributed by atoms with Crippen LogP contribution in [0.5, 0.6) is 5.75 Å². The Labute approximate surface area is 155 Å². The second kappa shape index (κ2) is 9.11. The molecule has 0 radical (unpaired) electrons. The number of anilines is 1. The van der Waals surface area contributed by atoms with E-state index in [9.17, 15) is 4.79 Å². The van der Waals surface area contributed by atoms with Crippen molar-refractivity contribution in [3.05, 3.63) is 52.5 Å². The van der Waals surface area contributed by atoms with Crippen LogP contribution in [0.2, 0.25) is 0 Å². The predicted octanol–water partition coefficient (Wildman–Crippen LogP) is 4.25. The Balaban J connectivity index is 1.95. The van der Waals surface area contributed by atoms with E-state index < -0.39 is 0 Å². The second-order valence-corrected chi connectivity index (χ2v) is 7.20. The average molecular weight is 409 g/mol. The Morgan fingerprint density at radius 1 is 1.29 bits per heavy atom. The fourth-order valence-corrected chi connectivity index (χ4v) is 3.23. The van der Waals surface area contributed by atoms with E-state index in [0.29, 0.717) is 13.1 Å². The summed E-state index contributed by atoms with van der Waals surface area (Å²) < 4.78 is 6.37. The van der Waals surface area contributed by atoms with Crippen LogP contribution in [0.1, 0.15) is 5.56 Å². The van der Waals surface area contributed by atoms with Crippen LogP contribution in [0.3, 0.4) is 0 Å². The van der Waals surface area contributed by atoms with Crippen molar-refractivity contribution in [2.45, 2.75) is 11.4 Å². The Morgan fingerprint density at radius 2 is 2.08 bits per heavy atom. The molecule has 0 aromatic heterocycles. The third-order valence-electron chi connectivity index (χ3n) is 3.45. The van der Waals surface area contributed by atoms with Crippen molar-refractivity contribution in [3.63, 3.8) is 0 Å². The van der Waals surface area contributed by atoms with Crippen molar-refractivity contribution in [2.75, 3.05) is 32.3 Å². The summed E-state index contributed by atoms with van der Waals surface area (Å²) in [6, 6.07) is 13.7. The van der Waals surface area contributed by atoms with Crippen LogP contribution in [0.4, 0.5) is 5.69 Å². The number of hydrogen-bond acceptors (Lipinski definition) is 4. The van der Waals surface area contributed by atoms with Gasteiger partial charge in [0.15, 0.2) is 0 Å². The number of carbonyl (C=O) groups excluding carboxylic acids is 1. The molecule has 128 valence electrons. The smallest absolute Gasteiger partial charge is 0.238 e. The van der Waals surface area contributed by atoms with Crippen LogP contribution < -0.4 is 10.1 Å². The maximum absolute atomic E-state index is 12.2. The van der Waals surface area contributed by atoms with E-state index in [1.165, 1.54) is 0 Å². The summed E-state index contributed by atoms with van der Waals surface area (Å²) in [7, 11) is 3.57. The van der Waals surface area contributed by atoms with Gasteiger partial charge in [-0.05, 0) is 49.7 Å². The molecule has 2 rings (SSSR count). The third kappa shape index (κ3) is 5.54. The molecule has 0 unspecified atom stereocenters. The van der Waals surface area contributed by atoms with Crippen molar-refractivity contribution >= 4 is 39.3 Å². The quantitative estimate of drug-likeness (QED) is 0.695.